The molecule has 0 radical (unpaired) electrons. The van der Waals surface area contributed by atoms with Gasteiger partial charge in [0.25, 0.3) is 0 Å². The molecule has 2 aliphatic rings. The van der Waals surface area contributed by atoms with Crippen molar-refractivity contribution < 1.29 is 32.9 Å². The molecular weight excluding hydrogens is 294 g/mol. The van der Waals surface area contributed by atoms with Crippen LogP contribution in [0.15, 0.2) is 0 Å². The quantitative estimate of drug-likeness (QED) is 0.362. The normalized spacial score (nSPS) is 30.6. The van der Waals surface area contributed by atoms with Gasteiger partial charge in [-0.3, -0.25) is 0 Å². The molecule has 0 aromatic heterocycles. The molecule has 2 rings (SSSR count). The Morgan fingerprint density at radius 2 is 1.85 bits per heavy atom. The molecule has 1 N–H and O–H groups in total. The standard InChI is InChI=1S/C12H18F2O5S/c13-12(14,20-19-18-16)11(15)17-10-6-5-8-3-1-2-4-9(8)7-10/h8-10,16H,1-7H2. The second kappa shape index (κ2) is 7.02. The molecule has 20 heavy (non-hydrogen) atoms. The molecule has 116 valence electrons. The summed E-state index contributed by atoms with van der Waals surface area (Å²) >= 11 is -0.582. The van der Waals surface area contributed by atoms with Gasteiger partial charge in [-0.25, -0.2) is 10.1 Å². The highest BCUT2D eigenvalue weighted by Gasteiger charge is 2.46. The third kappa shape index (κ3) is 4.03. The summed E-state index contributed by atoms with van der Waals surface area (Å²) in [7, 11) is 0. The van der Waals surface area contributed by atoms with E-state index < -0.39 is 29.4 Å². The zero-order chi connectivity index (χ0) is 14.6. The first-order valence-electron chi connectivity index (χ1n) is 6.77. The lowest BCUT2D eigenvalue weighted by Crippen LogP contribution is -2.37. The van der Waals surface area contributed by atoms with Crippen LogP contribution in [0.25, 0.3) is 0 Å². The fraction of sp³-hybridized carbons (Fsp3) is 0.917. The van der Waals surface area contributed by atoms with Crippen LogP contribution in [0.2, 0.25) is 0 Å². The first-order chi connectivity index (χ1) is 9.53. The van der Waals surface area contributed by atoms with Gasteiger partial charge in [-0.05, 0) is 31.1 Å². The van der Waals surface area contributed by atoms with Crippen LogP contribution >= 0.6 is 12.0 Å². The third-order valence-corrected chi connectivity index (χ3v) is 4.68. The molecular formula is C12H18F2O5S. The van der Waals surface area contributed by atoms with E-state index in [2.05, 4.69) is 9.37 Å². The fourth-order valence-corrected chi connectivity index (χ4v) is 3.48. The maximum Gasteiger partial charge on any atom is 0.415 e. The van der Waals surface area contributed by atoms with Gasteiger partial charge in [0, 0.05) is 0 Å². The summed E-state index contributed by atoms with van der Waals surface area (Å²) in [5.41, 5.74) is 0. The topological polar surface area (TPSA) is 65.0 Å². The summed E-state index contributed by atoms with van der Waals surface area (Å²) in [6, 6.07) is 0. The largest absolute Gasteiger partial charge is 0.457 e. The van der Waals surface area contributed by atoms with Crippen LogP contribution < -0.4 is 0 Å². The number of esters is 1. The summed E-state index contributed by atoms with van der Waals surface area (Å²) < 4.78 is 35.0. The average molecular weight is 312 g/mol. The SMILES string of the molecule is O=C(OC1CCC2CCCCC2C1)C(F)(F)SOOO. The van der Waals surface area contributed by atoms with E-state index in [0.717, 1.165) is 19.3 Å². The summed E-state index contributed by atoms with van der Waals surface area (Å²) in [5, 5.41) is 7.00. The van der Waals surface area contributed by atoms with Crippen LogP contribution in [0, 0.1) is 11.8 Å². The first-order valence-corrected chi connectivity index (χ1v) is 7.52. The predicted molar refractivity (Wildman–Crippen MR) is 66.5 cm³/mol. The van der Waals surface area contributed by atoms with Crippen molar-refractivity contribution in [3.63, 3.8) is 0 Å². The minimum atomic E-state index is -3.90. The molecule has 0 bridgehead atoms. The Balaban J connectivity index is 1.82. The lowest BCUT2D eigenvalue weighted by Gasteiger charge is -2.39. The van der Waals surface area contributed by atoms with Crippen LogP contribution in [0.1, 0.15) is 44.9 Å². The number of halogens is 2. The van der Waals surface area contributed by atoms with Gasteiger partial charge in [0.15, 0.2) is 0 Å². The second-order valence-electron chi connectivity index (χ2n) is 5.39. The highest BCUT2D eigenvalue weighted by Crippen LogP contribution is 2.42. The van der Waals surface area contributed by atoms with Crippen molar-refractivity contribution in [3.8, 4) is 0 Å². The van der Waals surface area contributed by atoms with Gasteiger partial charge in [0.2, 0.25) is 0 Å². The highest BCUT2D eigenvalue weighted by molar-refractivity contribution is 7.96. The number of carbonyl (C=O) groups is 1. The summed E-state index contributed by atoms with van der Waals surface area (Å²) in [6.45, 7) is 0. The van der Waals surface area contributed by atoms with E-state index in [-0.39, 0.29) is 0 Å². The molecule has 0 amide bonds. The Kier molecular flexibility index (Phi) is 5.59. The number of fused-ring (bicyclic) bond motifs is 1. The van der Waals surface area contributed by atoms with Gasteiger partial charge >= 0.3 is 11.2 Å². The molecule has 0 aliphatic heterocycles. The zero-order valence-corrected chi connectivity index (χ0v) is 11.7. The van der Waals surface area contributed by atoms with Gasteiger partial charge in [-0.15, -0.1) is 4.33 Å². The van der Waals surface area contributed by atoms with Crippen LogP contribution in [0.3, 0.4) is 0 Å². The number of carbonyl (C=O) groups excluding carboxylic acids is 1. The molecule has 0 spiro atoms. The molecule has 2 saturated carbocycles. The van der Waals surface area contributed by atoms with Crippen molar-refractivity contribution in [1.82, 2.24) is 0 Å². The van der Waals surface area contributed by atoms with Crippen molar-refractivity contribution >= 4 is 18.0 Å². The number of ether oxygens (including phenoxy) is 1. The van der Waals surface area contributed by atoms with E-state index in [1.165, 1.54) is 12.8 Å². The lowest BCUT2D eigenvalue weighted by atomic mass is 9.70. The van der Waals surface area contributed by atoms with Crippen LogP contribution in [0.5, 0.6) is 0 Å². The van der Waals surface area contributed by atoms with Crippen molar-refractivity contribution in [2.45, 2.75) is 56.3 Å². The van der Waals surface area contributed by atoms with Gasteiger partial charge in [-0.2, -0.15) is 8.78 Å². The van der Waals surface area contributed by atoms with Crippen molar-refractivity contribution in [1.29, 1.82) is 0 Å². The fourth-order valence-electron chi connectivity index (χ4n) is 3.25. The van der Waals surface area contributed by atoms with Crippen LogP contribution in [0.4, 0.5) is 8.78 Å². The summed E-state index contributed by atoms with van der Waals surface area (Å²) in [6.07, 6.45) is 6.44. The molecule has 0 saturated heterocycles. The molecule has 3 unspecified atom stereocenters. The van der Waals surface area contributed by atoms with E-state index in [1.54, 1.807) is 0 Å². The molecule has 0 aromatic carbocycles. The molecule has 8 heteroatoms. The van der Waals surface area contributed by atoms with Gasteiger partial charge < -0.3 is 4.74 Å². The molecule has 5 nitrogen and oxygen atoms in total. The Labute approximate surface area is 120 Å². The number of rotatable bonds is 5. The zero-order valence-electron chi connectivity index (χ0n) is 10.9. The van der Waals surface area contributed by atoms with E-state index in [9.17, 15) is 13.6 Å². The van der Waals surface area contributed by atoms with Crippen LogP contribution in [-0.4, -0.2) is 22.6 Å². The maximum atomic E-state index is 13.3. The Morgan fingerprint density at radius 1 is 1.15 bits per heavy atom. The Morgan fingerprint density at radius 3 is 2.55 bits per heavy atom. The molecule has 3 atom stereocenters. The number of hydrogen-bond donors (Lipinski definition) is 1. The molecule has 2 fully saturated rings. The average Bonchev–Trinajstić information content (AvgIpc) is 2.45. The third-order valence-electron chi connectivity index (χ3n) is 4.17. The minimum absolute atomic E-state index is 0.455. The van der Waals surface area contributed by atoms with Gasteiger partial charge in [-0.1, -0.05) is 30.7 Å². The number of hydrogen-bond acceptors (Lipinski definition) is 6. The van der Waals surface area contributed by atoms with Crippen molar-refractivity contribution in [2.75, 3.05) is 0 Å². The highest BCUT2D eigenvalue weighted by atomic mass is 32.2. The monoisotopic (exact) mass is 312 g/mol. The Hall–Kier alpha value is -0.440. The van der Waals surface area contributed by atoms with Gasteiger partial charge in [0.05, 0.1) is 0 Å². The molecule has 0 heterocycles. The maximum absolute atomic E-state index is 13.3. The van der Waals surface area contributed by atoms with Crippen molar-refractivity contribution in [3.05, 3.63) is 0 Å². The van der Waals surface area contributed by atoms with E-state index in [0.29, 0.717) is 24.7 Å². The van der Waals surface area contributed by atoms with Crippen molar-refractivity contribution in [2.24, 2.45) is 11.8 Å². The van der Waals surface area contributed by atoms with E-state index in [1.807, 2.05) is 0 Å². The predicted octanol–water partition coefficient (Wildman–Crippen LogP) is 3.55. The second-order valence-corrected chi connectivity index (χ2v) is 6.20. The lowest BCUT2D eigenvalue weighted by molar-refractivity contribution is -0.433. The number of alkyl halides is 2. The smallest absolute Gasteiger partial charge is 0.415 e. The Bertz CT molecular complexity index is 342. The van der Waals surface area contributed by atoms with Gasteiger partial charge in [0.1, 0.15) is 18.1 Å². The van der Waals surface area contributed by atoms with E-state index in [4.69, 9.17) is 9.99 Å². The molecule has 2 aliphatic carbocycles. The summed E-state index contributed by atoms with van der Waals surface area (Å²) in [5.74, 6) is -0.521. The van der Waals surface area contributed by atoms with E-state index >= 15 is 0 Å². The van der Waals surface area contributed by atoms with Crippen LogP contribution in [-0.2, 0) is 18.9 Å². The first kappa shape index (κ1) is 15.9. The minimum Gasteiger partial charge on any atom is -0.457 e. The summed E-state index contributed by atoms with van der Waals surface area (Å²) in [4.78, 5) is 11.4. The molecule has 0 aromatic rings.